The van der Waals surface area contributed by atoms with Gasteiger partial charge in [0.05, 0.1) is 11.2 Å². The number of aromatic nitrogens is 2. The summed E-state index contributed by atoms with van der Waals surface area (Å²) in [5.74, 6) is -0.126. The van der Waals surface area contributed by atoms with E-state index < -0.39 is 29.4 Å². The fraction of sp³-hybridized carbons (Fsp3) is 0.421. The third-order valence-electron chi connectivity index (χ3n) is 3.76. The van der Waals surface area contributed by atoms with Crippen LogP contribution < -0.4 is 15.8 Å². The zero-order valence-electron chi connectivity index (χ0n) is 16.2. The van der Waals surface area contributed by atoms with Crippen molar-refractivity contribution in [1.29, 1.82) is 0 Å². The maximum absolute atomic E-state index is 13.9. The Balaban J connectivity index is 2.26. The normalized spacial score (nSPS) is 13.8. The van der Waals surface area contributed by atoms with E-state index in [1.165, 1.54) is 44.3 Å². The number of alkyl halides is 3. The van der Waals surface area contributed by atoms with Gasteiger partial charge in [0.2, 0.25) is 0 Å². The lowest BCUT2D eigenvalue weighted by Gasteiger charge is -2.30. The van der Waals surface area contributed by atoms with E-state index in [1.807, 2.05) is 0 Å². The van der Waals surface area contributed by atoms with E-state index in [2.05, 4.69) is 15.3 Å². The Kier molecular flexibility index (Phi) is 6.68. The number of pyridine rings is 2. The minimum absolute atomic E-state index is 0.0219. The number of nitrogens with one attached hydrogen (secondary N) is 1. The topological polar surface area (TPSA) is 110 Å². The van der Waals surface area contributed by atoms with Crippen LogP contribution in [0, 0.1) is 0 Å². The fourth-order valence-corrected chi connectivity index (χ4v) is 2.92. The van der Waals surface area contributed by atoms with Crippen molar-refractivity contribution in [3.8, 4) is 17.0 Å². The van der Waals surface area contributed by atoms with Gasteiger partial charge in [-0.05, 0) is 45.0 Å². The molecule has 0 saturated carbocycles. The van der Waals surface area contributed by atoms with E-state index in [-0.39, 0.29) is 30.3 Å². The first-order valence-electron chi connectivity index (χ1n) is 8.72. The highest BCUT2D eigenvalue weighted by Gasteiger charge is 2.30. The van der Waals surface area contributed by atoms with Crippen molar-refractivity contribution < 1.29 is 27.8 Å². The van der Waals surface area contributed by atoms with Crippen molar-refractivity contribution in [3.05, 3.63) is 36.2 Å². The number of nitrogens with two attached hydrogens (primary N) is 1. The molecule has 0 aliphatic carbocycles. The van der Waals surface area contributed by atoms with Gasteiger partial charge in [0, 0.05) is 18.2 Å². The van der Waals surface area contributed by atoms with Crippen molar-refractivity contribution in [2.45, 2.75) is 44.8 Å². The molecule has 0 aliphatic rings. The van der Waals surface area contributed by atoms with Crippen LogP contribution in [0.2, 0.25) is 0 Å². The molecule has 2 rings (SSSR count). The molecular weight excluding hydrogens is 389 g/mol. The Morgan fingerprint density at radius 3 is 2.59 bits per heavy atom. The Bertz CT molecular complexity index is 870. The fourth-order valence-electron chi connectivity index (χ4n) is 2.92. The molecule has 1 unspecified atom stereocenters. The highest BCUT2D eigenvalue weighted by molar-refractivity contribution is 5.82. The van der Waals surface area contributed by atoms with Crippen LogP contribution in [0.3, 0.4) is 0 Å². The monoisotopic (exact) mass is 412 g/mol. The van der Waals surface area contributed by atoms with Crippen molar-refractivity contribution in [2.24, 2.45) is 5.73 Å². The summed E-state index contributed by atoms with van der Waals surface area (Å²) >= 11 is 0. The average molecular weight is 412 g/mol. The Morgan fingerprint density at radius 1 is 1.31 bits per heavy atom. The first kappa shape index (κ1) is 22.4. The summed E-state index contributed by atoms with van der Waals surface area (Å²) in [5, 5.41) is 10.8. The molecule has 2 aromatic rings. The van der Waals surface area contributed by atoms with Crippen molar-refractivity contribution >= 4 is 11.9 Å². The van der Waals surface area contributed by atoms with Gasteiger partial charge < -0.3 is 15.6 Å². The van der Waals surface area contributed by atoms with Crippen molar-refractivity contribution in [3.63, 3.8) is 0 Å². The maximum Gasteiger partial charge on any atom is 0.410 e. The molecule has 2 aromatic heterocycles. The molecule has 0 radical (unpaired) electrons. The number of hydrogen-bond acceptors (Lipinski definition) is 5. The summed E-state index contributed by atoms with van der Waals surface area (Å²) in [7, 11) is 0. The lowest BCUT2D eigenvalue weighted by Crippen LogP contribution is -2.46. The third kappa shape index (κ3) is 6.90. The van der Waals surface area contributed by atoms with Crippen LogP contribution in [0.5, 0.6) is 5.75 Å². The summed E-state index contributed by atoms with van der Waals surface area (Å²) in [6.07, 6.45) is -2.93. The molecule has 1 atom stereocenters. The molecule has 0 saturated heterocycles. The first-order valence-corrected chi connectivity index (χ1v) is 8.72. The lowest BCUT2D eigenvalue weighted by molar-refractivity contribution is 0.115. The van der Waals surface area contributed by atoms with E-state index in [4.69, 9.17) is 15.6 Å². The number of carboxylic acid groups (broad SMARTS) is 1. The van der Waals surface area contributed by atoms with Crippen LogP contribution in [0.15, 0.2) is 30.5 Å². The molecule has 0 spiro atoms. The van der Waals surface area contributed by atoms with E-state index in [0.717, 1.165) is 0 Å². The van der Waals surface area contributed by atoms with Gasteiger partial charge in [-0.2, -0.15) is 0 Å². The number of halogens is 3. The van der Waals surface area contributed by atoms with Crippen LogP contribution in [-0.4, -0.2) is 39.0 Å². The van der Waals surface area contributed by atoms with Crippen LogP contribution in [-0.2, 0) is 0 Å². The van der Waals surface area contributed by atoms with Crippen LogP contribution >= 0.6 is 0 Å². The molecule has 2 heterocycles. The molecule has 158 valence electrons. The number of carbonyl (C=O) groups is 1. The van der Waals surface area contributed by atoms with E-state index in [9.17, 15) is 18.0 Å². The Hall–Kier alpha value is -2.88. The van der Waals surface area contributed by atoms with Crippen LogP contribution in [0.25, 0.3) is 11.3 Å². The smallest absolute Gasteiger partial charge is 0.410 e. The SMILES string of the molecule is CC(C)(F)CC(C)(N)COc1ccc(-c2ccnc(NC(=O)O)c2)nc1C(F)F. The van der Waals surface area contributed by atoms with E-state index in [0.29, 0.717) is 5.56 Å². The predicted octanol–water partition coefficient (Wildman–Crippen LogP) is 4.41. The lowest BCUT2D eigenvalue weighted by atomic mass is 9.91. The van der Waals surface area contributed by atoms with Gasteiger partial charge in [-0.3, -0.25) is 5.32 Å². The summed E-state index contributed by atoms with van der Waals surface area (Å²) in [6, 6.07) is 5.65. The first-order chi connectivity index (χ1) is 13.4. The van der Waals surface area contributed by atoms with Crippen molar-refractivity contribution in [1.82, 2.24) is 9.97 Å². The molecular formula is C19H23F3N4O3. The molecule has 0 fully saturated rings. The zero-order valence-corrected chi connectivity index (χ0v) is 16.2. The number of amides is 1. The molecule has 10 heteroatoms. The molecule has 4 N–H and O–H groups in total. The molecule has 0 aliphatic heterocycles. The highest BCUT2D eigenvalue weighted by atomic mass is 19.3. The number of hydrogen-bond donors (Lipinski definition) is 3. The largest absolute Gasteiger partial charge is 0.490 e. The number of nitrogens with zero attached hydrogens (tertiary/aromatic N) is 2. The second kappa shape index (κ2) is 8.64. The van der Waals surface area contributed by atoms with Gasteiger partial charge in [0.15, 0.2) is 0 Å². The van der Waals surface area contributed by atoms with Crippen LogP contribution in [0.4, 0.5) is 23.8 Å². The minimum Gasteiger partial charge on any atom is -0.490 e. The molecule has 29 heavy (non-hydrogen) atoms. The number of anilines is 1. The van der Waals surface area contributed by atoms with Crippen LogP contribution in [0.1, 0.15) is 39.3 Å². The Labute approximate surface area is 166 Å². The number of ether oxygens (including phenoxy) is 1. The Morgan fingerprint density at radius 2 is 2.00 bits per heavy atom. The quantitative estimate of drug-likeness (QED) is 0.593. The summed E-state index contributed by atoms with van der Waals surface area (Å²) in [5.41, 5.74) is 3.39. The van der Waals surface area contributed by atoms with Gasteiger partial charge in [0.1, 0.15) is 29.5 Å². The number of rotatable bonds is 8. The van der Waals surface area contributed by atoms with Crippen molar-refractivity contribution in [2.75, 3.05) is 11.9 Å². The second-order valence-corrected chi connectivity index (χ2v) is 7.58. The summed E-state index contributed by atoms with van der Waals surface area (Å²) in [4.78, 5) is 18.5. The molecule has 7 nitrogen and oxygen atoms in total. The minimum atomic E-state index is -2.93. The zero-order chi connectivity index (χ0) is 21.8. The van der Waals surface area contributed by atoms with Gasteiger partial charge in [-0.25, -0.2) is 27.9 Å². The van der Waals surface area contributed by atoms with Gasteiger partial charge in [-0.1, -0.05) is 0 Å². The second-order valence-electron chi connectivity index (χ2n) is 7.58. The summed E-state index contributed by atoms with van der Waals surface area (Å²) in [6.45, 7) is 4.15. The average Bonchev–Trinajstić information content (AvgIpc) is 2.57. The maximum atomic E-state index is 13.9. The molecule has 0 aromatic carbocycles. The van der Waals surface area contributed by atoms with Gasteiger partial charge in [0.25, 0.3) is 6.43 Å². The van der Waals surface area contributed by atoms with Gasteiger partial charge >= 0.3 is 6.09 Å². The standard InChI is InChI=1S/C19H23F3N4O3/c1-18(2,22)9-19(3,23)10-29-13-5-4-12(25-15(13)16(20)21)11-6-7-24-14(8-11)26-17(27)28/h4-8,16H,9-10,23H2,1-3H3,(H,24,26)(H,27,28). The molecule has 1 amide bonds. The van der Waals surface area contributed by atoms with E-state index >= 15 is 0 Å². The van der Waals surface area contributed by atoms with E-state index in [1.54, 1.807) is 6.92 Å². The highest BCUT2D eigenvalue weighted by Crippen LogP contribution is 2.32. The third-order valence-corrected chi connectivity index (χ3v) is 3.76. The summed E-state index contributed by atoms with van der Waals surface area (Å²) < 4.78 is 46.4. The predicted molar refractivity (Wildman–Crippen MR) is 102 cm³/mol. The van der Waals surface area contributed by atoms with Gasteiger partial charge in [-0.15, -0.1) is 0 Å². The molecule has 0 bridgehead atoms.